The lowest BCUT2D eigenvalue weighted by molar-refractivity contribution is 0.0606. The van der Waals surface area contributed by atoms with Crippen molar-refractivity contribution in [1.82, 2.24) is 9.97 Å². The van der Waals surface area contributed by atoms with Gasteiger partial charge in [-0.15, -0.1) is 0 Å². The van der Waals surface area contributed by atoms with Crippen molar-refractivity contribution in [2.45, 2.75) is 12.0 Å². The largest absolute Gasteiger partial charge is 0.383 e. The number of anilines is 3. The number of aliphatic hydroxyl groups is 1. The number of carbonyl (C=O) groups excluding carboxylic acids is 1. The molecule has 0 radical (unpaired) electrons. The van der Waals surface area contributed by atoms with Crippen molar-refractivity contribution in [3.8, 4) is 0 Å². The zero-order chi connectivity index (χ0) is 18.0. The van der Waals surface area contributed by atoms with E-state index in [2.05, 4.69) is 21.9 Å². The summed E-state index contributed by atoms with van der Waals surface area (Å²) in [6, 6.07) is 8.79. The van der Waals surface area contributed by atoms with Gasteiger partial charge in [-0.2, -0.15) is 9.97 Å². The number of nitrogens with zero attached hydrogens (tertiary/aromatic N) is 3. The fourth-order valence-electron chi connectivity index (χ4n) is 3.03. The van der Waals surface area contributed by atoms with Gasteiger partial charge in [0.1, 0.15) is 17.2 Å². The molecule has 1 aromatic heterocycles. The Balaban J connectivity index is 1.82. The van der Waals surface area contributed by atoms with E-state index in [1.807, 2.05) is 4.90 Å². The molecule has 1 aliphatic rings. The number of hydrogen-bond donors (Lipinski definition) is 3. The van der Waals surface area contributed by atoms with Crippen LogP contribution in [0, 0.1) is 0 Å². The third-order valence-electron chi connectivity index (χ3n) is 4.45. The summed E-state index contributed by atoms with van der Waals surface area (Å²) >= 11 is 0. The summed E-state index contributed by atoms with van der Waals surface area (Å²) in [4.78, 5) is 21.9. The van der Waals surface area contributed by atoms with E-state index in [0.29, 0.717) is 36.7 Å². The van der Waals surface area contributed by atoms with Gasteiger partial charge in [-0.3, -0.25) is 4.79 Å². The van der Waals surface area contributed by atoms with Gasteiger partial charge in [-0.05, 0) is 18.1 Å². The average molecular weight is 339 g/mol. The molecule has 4 N–H and O–H groups in total. The van der Waals surface area contributed by atoms with Crippen LogP contribution in [-0.2, 0) is 5.60 Å². The molecule has 25 heavy (non-hydrogen) atoms. The first-order chi connectivity index (χ1) is 11.9. The van der Waals surface area contributed by atoms with E-state index < -0.39 is 5.60 Å². The Morgan fingerprint density at radius 3 is 2.76 bits per heavy atom. The maximum Gasteiger partial charge on any atom is 0.223 e. The average Bonchev–Trinajstić information content (AvgIpc) is 3.04. The van der Waals surface area contributed by atoms with E-state index >= 15 is 0 Å². The highest BCUT2D eigenvalue weighted by Crippen LogP contribution is 2.34. The number of aromatic nitrogens is 2. The molecule has 0 aliphatic carbocycles. The Bertz CT molecular complexity index is 806. The van der Waals surface area contributed by atoms with Gasteiger partial charge in [0.2, 0.25) is 5.95 Å². The molecule has 130 valence electrons. The molecule has 7 nitrogen and oxygen atoms in total. The van der Waals surface area contributed by atoms with Gasteiger partial charge in [-0.1, -0.05) is 30.8 Å². The van der Waals surface area contributed by atoms with Crippen molar-refractivity contribution < 1.29 is 9.90 Å². The van der Waals surface area contributed by atoms with E-state index in [1.54, 1.807) is 37.4 Å². The number of nitrogen functional groups attached to an aromatic ring is 1. The zero-order valence-electron chi connectivity index (χ0n) is 14.1. The Kier molecular flexibility index (Phi) is 4.41. The van der Waals surface area contributed by atoms with Gasteiger partial charge in [0.25, 0.3) is 0 Å². The Hall–Kier alpha value is -2.93. The lowest BCUT2D eigenvalue weighted by atomic mass is 9.92. The highest BCUT2D eigenvalue weighted by Gasteiger charge is 2.38. The topological polar surface area (TPSA) is 104 Å². The van der Waals surface area contributed by atoms with Gasteiger partial charge < -0.3 is 21.1 Å². The van der Waals surface area contributed by atoms with Crippen molar-refractivity contribution in [1.29, 1.82) is 0 Å². The molecule has 1 fully saturated rings. The molecule has 2 heterocycles. The molecule has 0 saturated carbocycles. The highest BCUT2D eigenvalue weighted by atomic mass is 16.3. The van der Waals surface area contributed by atoms with Crippen LogP contribution in [0.15, 0.2) is 43.0 Å². The minimum atomic E-state index is -1.00. The summed E-state index contributed by atoms with van der Waals surface area (Å²) in [6.07, 6.45) is 1.83. The van der Waals surface area contributed by atoms with Crippen LogP contribution < -0.4 is 16.0 Å². The maximum atomic E-state index is 11.6. The first kappa shape index (κ1) is 16.9. The van der Waals surface area contributed by atoms with Crippen LogP contribution in [0.4, 0.5) is 17.6 Å². The number of nitrogens with one attached hydrogen (secondary N) is 1. The van der Waals surface area contributed by atoms with Crippen LogP contribution in [0.5, 0.6) is 0 Å². The molecule has 1 atom stereocenters. The first-order valence-corrected chi connectivity index (χ1v) is 8.02. The highest BCUT2D eigenvalue weighted by molar-refractivity contribution is 6.04. The summed E-state index contributed by atoms with van der Waals surface area (Å²) in [5, 5.41) is 14.0. The third-order valence-corrected chi connectivity index (χ3v) is 4.45. The summed E-state index contributed by atoms with van der Waals surface area (Å²) in [6.45, 7) is 4.51. The fourth-order valence-corrected chi connectivity index (χ4v) is 3.03. The van der Waals surface area contributed by atoms with Crippen LogP contribution in [0.25, 0.3) is 0 Å². The minimum absolute atomic E-state index is 0.136. The van der Waals surface area contributed by atoms with E-state index in [0.717, 1.165) is 5.56 Å². The predicted molar refractivity (Wildman–Crippen MR) is 97.7 cm³/mol. The second kappa shape index (κ2) is 6.52. The summed E-state index contributed by atoms with van der Waals surface area (Å²) in [5.74, 6) is 1.35. The molecule has 0 amide bonds. The molecule has 0 bridgehead atoms. The lowest BCUT2D eigenvalue weighted by Gasteiger charge is -2.24. The second-order valence-corrected chi connectivity index (χ2v) is 6.07. The summed E-state index contributed by atoms with van der Waals surface area (Å²) in [7, 11) is 1.76. The normalized spacial score (nSPS) is 19.7. The SMILES string of the molecule is C=CC(=O)c1ccc(C2(O)CCN(c3cc(NC)nc(N)n3)C2)cc1. The molecule has 0 spiro atoms. The maximum absolute atomic E-state index is 11.6. The number of allylic oxidation sites excluding steroid dienone is 1. The number of nitrogens with two attached hydrogens (primary N) is 1. The summed E-state index contributed by atoms with van der Waals surface area (Å²) < 4.78 is 0. The van der Waals surface area contributed by atoms with Gasteiger partial charge >= 0.3 is 0 Å². The molecule has 1 saturated heterocycles. The smallest absolute Gasteiger partial charge is 0.223 e. The number of hydrogen-bond acceptors (Lipinski definition) is 7. The Morgan fingerprint density at radius 2 is 2.12 bits per heavy atom. The summed E-state index contributed by atoms with van der Waals surface area (Å²) in [5.41, 5.74) is 6.07. The molecular weight excluding hydrogens is 318 g/mol. The van der Waals surface area contributed by atoms with Crippen LogP contribution in [0.1, 0.15) is 22.3 Å². The first-order valence-electron chi connectivity index (χ1n) is 8.02. The van der Waals surface area contributed by atoms with E-state index in [9.17, 15) is 9.90 Å². The number of ketones is 1. The van der Waals surface area contributed by atoms with Crippen molar-refractivity contribution in [2.24, 2.45) is 0 Å². The third kappa shape index (κ3) is 3.32. The van der Waals surface area contributed by atoms with Crippen molar-refractivity contribution >= 4 is 23.4 Å². The number of rotatable bonds is 5. The minimum Gasteiger partial charge on any atom is -0.383 e. The van der Waals surface area contributed by atoms with Crippen LogP contribution >= 0.6 is 0 Å². The molecule has 2 aromatic rings. The van der Waals surface area contributed by atoms with Crippen LogP contribution in [-0.4, -0.2) is 41.0 Å². The number of carbonyl (C=O) groups is 1. The fraction of sp³-hybridized carbons (Fsp3) is 0.278. The second-order valence-electron chi connectivity index (χ2n) is 6.07. The zero-order valence-corrected chi connectivity index (χ0v) is 14.1. The van der Waals surface area contributed by atoms with E-state index in [1.165, 1.54) is 6.08 Å². The van der Waals surface area contributed by atoms with E-state index in [-0.39, 0.29) is 11.7 Å². The van der Waals surface area contributed by atoms with Gasteiger partial charge in [0.05, 0.1) is 6.54 Å². The number of benzene rings is 1. The van der Waals surface area contributed by atoms with Crippen molar-refractivity contribution in [3.63, 3.8) is 0 Å². The molecular formula is C18H21N5O2. The van der Waals surface area contributed by atoms with Crippen molar-refractivity contribution in [2.75, 3.05) is 36.1 Å². The molecule has 1 aliphatic heterocycles. The van der Waals surface area contributed by atoms with Gasteiger partial charge in [-0.25, -0.2) is 0 Å². The standard InChI is InChI=1S/C18H21N5O2/c1-3-14(24)12-4-6-13(7-5-12)18(25)8-9-23(11-18)16-10-15(20-2)21-17(19)22-16/h3-7,10,25H,1,8-9,11H2,2H3,(H3,19,20,21,22). The lowest BCUT2D eigenvalue weighted by Crippen LogP contribution is -2.31. The molecule has 3 rings (SSSR count). The van der Waals surface area contributed by atoms with Crippen molar-refractivity contribution in [3.05, 3.63) is 54.1 Å². The molecule has 1 aromatic carbocycles. The predicted octanol–water partition coefficient (Wildman–Crippen LogP) is 1.57. The monoisotopic (exact) mass is 339 g/mol. The quantitative estimate of drug-likeness (QED) is 0.561. The number of β-amino-alcohol motifs (C(OH)–C–C–N with tert-alkyl or cyclic N) is 1. The van der Waals surface area contributed by atoms with Crippen LogP contribution in [0.2, 0.25) is 0 Å². The van der Waals surface area contributed by atoms with Gasteiger partial charge in [0, 0.05) is 25.2 Å². The van der Waals surface area contributed by atoms with Gasteiger partial charge in [0.15, 0.2) is 5.78 Å². The van der Waals surface area contributed by atoms with E-state index in [4.69, 9.17) is 5.73 Å². The molecule has 1 unspecified atom stereocenters. The molecule has 7 heteroatoms. The van der Waals surface area contributed by atoms with Crippen LogP contribution in [0.3, 0.4) is 0 Å². The Labute approximate surface area is 146 Å². The Morgan fingerprint density at radius 1 is 1.40 bits per heavy atom.